The van der Waals surface area contributed by atoms with Gasteiger partial charge in [-0.1, -0.05) is 20.8 Å². The maximum Gasteiger partial charge on any atom is 0.160 e. The predicted molar refractivity (Wildman–Crippen MR) is 51.3 cm³/mol. The number of carbonyl (C=O) groups is 1. The molecule has 0 saturated heterocycles. The average Bonchev–Trinajstić information content (AvgIpc) is 2.03. The summed E-state index contributed by atoms with van der Waals surface area (Å²) >= 11 is 0. The molecule has 0 radical (unpaired) electrons. The molecule has 74 valence electrons. The Balaban J connectivity index is 0. The van der Waals surface area contributed by atoms with Crippen molar-refractivity contribution in [3.8, 4) is 0 Å². The van der Waals surface area contributed by atoms with Gasteiger partial charge in [0, 0.05) is 13.9 Å². The maximum atomic E-state index is 11.0. The zero-order chi connectivity index (χ0) is 9.40. The Labute approximate surface area is 76.0 Å². The molecule has 0 aromatic carbocycles. The van der Waals surface area contributed by atoms with Crippen LogP contribution in [-0.4, -0.2) is 32.1 Å². The highest BCUT2D eigenvalue weighted by molar-refractivity contribution is 5.81. The second-order valence-corrected chi connectivity index (χ2v) is 3.03. The van der Waals surface area contributed by atoms with Crippen molar-refractivity contribution in [2.24, 2.45) is 5.92 Å². The first-order chi connectivity index (χ1) is 5.68. The van der Waals surface area contributed by atoms with Gasteiger partial charge in [-0.2, -0.15) is 0 Å². The monoisotopic (exact) mass is 175 g/mol. The van der Waals surface area contributed by atoms with E-state index in [1.807, 2.05) is 20.8 Å². The Morgan fingerprint density at radius 3 is 2.75 bits per heavy atom. The smallest absolute Gasteiger partial charge is 0.160 e. The molecule has 0 aromatic rings. The van der Waals surface area contributed by atoms with Crippen LogP contribution in [0.25, 0.3) is 0 Å². The van der Waals surface area contributed by atoms with Crippen molar-refractivity contribution in [2.45, 2.75) is 20.8 Å². The second-order valence-electron chi connectivity index (χ2n) is 3.03. The first-order valence-electron chi connectivity index (χ1n) is 4.49. The molecule has 0 aromatic heterocycles. The molecule has 1 N–H and O–H groups in total. The minimum absolute atomic E-state index is 0. The van der Waals surface area contributed by atoms with Gasteiger partial charge in [-0.05, 0) is 6.54 Å². The highest BCUT2D eigenvalue weighted by Crippen LogP contribution is 1.93. The fraction of sp³-hybridized carbons (Fsp3) is 0.889. The summed E-state index contributed by atoms with van der Waals surface area (Å²) in [5.41, 5.74) is 0. The van der Waals surface area contributed by atoms with Crippen molar-refractivity contribution in [3.05, 3.63) is 0 Å². The number of ketones is 1. The van der Waals surface area contributed by atoms with Crippen molar-refractivity contribution in [1.29, 1.82) is 0 Å². The third-order valence-corrected chi connectivity index (χ3v) is 1.56. The molecule has 0 aliphatic carbocycles. The van der Waals surface area contributed by atoms with Crippen LogP contribution in [0, 0.1) is 5.92 Å². The molecule has 3 nitrogen and oxygen atoms in total. The zero-order valence-electron chi connectivity index (χ0n) is 8.22. The number of hydrogen-bond donors (Lipinski definition) is 1. The third kappa shape index (κ3) is 6.31. The predicted octanol–water partition coefficient (Wildman–Crippen LogP) is 1.08. The number of rotatable bonds is 7. The van der Waals surface area contributed by atoms with E-state index in [-0.39, 0.29) is 19.7 Å². The number of hydrogen-bond acceptors (Lipinski definition) is 3. The summed E-state index contributed by atoms with van der Waals surface area (Å²) < 4.78 is 5.15. The van der Waals surface area contributed by atoms with E-state index in [0.717, 1.165) is 13.1 Å². The van der Waals surface area contributed by atoms with Crippen LogP contribution in [0.4, 0.5) is 0 Å². The second kappa shape index (κ2) is 7.25. The molecule has 0 unspecified atom stereocenters. The van der Waals surface area contributed by atoms with Gasteiger partial charge in [0.05, 0.1) is 6.61 Å². The Morgan fingerprint density at radius 2 is 2.25 bits per heavy atom. The van der Waals surface area contributed by atoms with Crippen molar-refractivity contribution >= 4 is 5.78 Å². The van der Waals surface area contributed by atoms with Gasteiger partial charge in [-0.25, -0.2) is 0 Å². The number of carbonyl (C=O) groups excluding carboxylic acids is 1. The van der Waals surface area contributed by atoms with E-state index in [9.17, 15) is 4.79 Å². The molecule has 0 heterocycles. The molecule has 0 aliphatic heterocycles. The quantitative estimate of drug-likeness (QED) is 0.588. The van der Waals surface area contributed by atoms with E-state index in [4.69, 9.17) is 4.74 Å². The van der Waals surface area contributed by atoms with E-state index in [1.165, 1.54) is 0 Å². The maximum absolute atomic E-state index is 11.0. The molecule has 0 aliphatic rings. The fourth-order valence-corrected chi connectivity index (χ4v) is 0.661. The lowest BCUT2D eigenvalue weighted by molar-refractivity contribution is -0.126. The summed E-state index contributed by atoms with van der Waals surface area (Å²) in [5.74, 6) is 0.260. The molecule has 0 atom stereocenters. The Hall–Kier alpha value is -0.410. The molecule has 0 spiro atoms. The molecule has 3 heteroatoms. The average molecular weight is 175 g/mol. The number of nitrogens with one attached hydrogen (secondary N) is 1. The first-order valence-corrected chi connectivity index (χ1v) is 4.49. The molecular formula is C9H21NO2. The van der Waals surface area contributed by atoms with Crippen LogP contribution in [0.5, 0.6) is 0 Å². The molecular weight excluding hydrogens is 154 g/mol. The van der Waals surface area contributed by atoms with Crippen LogP contribution < -0.4 is 5.32 Å². The number of likely N-dealkylation sites (N-methyl/N-ethyl adjacent to an activating group) is 1. The van der Waals surface area contributed by atoms with Crippen LogP contribution in [0.15, 0.2) is 0 Å². The summed E-state index contributed by atoms with van der Waals surface area (Å²) in [6, 6.07) is 0. The molecule has 0 bridgehead atoms. The lowest BCUT2D eigenvalue weighted by Gasteiger charge is -2.05. The topological polar surface area (TPSA) is 38.3 Å². The van der Waals surface area contributed by atoms with E-state index >= 15 is 0 Å². The minimum Gasteiger partial charge on any atom is -0.372 e. The van der Waals surface area contributed by atoms with Gasteiger partial charge in [0.2, 0.25) is 0 Å². The SMILES string of the molecule is CCNCCOCC(=O)C(C)C.[HH]. The van der Waals surface area contributed by atoms with Gasteiger partial charge in [-0.15, -0.1) is 0 Å². The standard InChI is InChI=1S/C9H19NO2.H2/c1-4-10-5-6-12-7-9(11)8(2)3;/h8,10H,4-7H2,1-3H3;1H. The molecule has 12 heavy (non-hydrogen) atoms. The van der Waals surface area contributed by atoms with Crippen LogP contribution >= 0.6 is 0 Å². The van der Waals surface area contributed by atoms with Gasteiger partial charge in [0.1, 0.15) is 6.61 Å². The van der Waals surface area contributed by atoms with Gasteiger partial charge >= 0.3 is 0 Å². The van der Waals surface area contributed by atoms with Crippen molar-refractivity contribution in [3.63, 3.8) is 0 Å². The lowest BCUT2D eigenvalue weighted by atomic mass is 10.1. The molecule has 0 amide bonds. The molecule has 0 saturated carbocycles. The van der Waals surface area contributed by atoms with E-state index in [0.29, 0.717) is 6.61 Å². The number of ether oxygens (including phenoxy) is 1. The Bertz CT molecular complexity index is 129. The van der Waals surface area contributed by atoms with Crippen LogP contribution in [-0.2, 0) is 9.53 Å². The van der Waals surface area contributed by atoms with E-state index in [2.05, 4.69) is 5.32 Å². The third-order valence-electron chi connectivity index (χ3n) is 1.56. The first kappa shape index (κ1) is 11.6. The zero-order valence-corrected chi connectivity index (χ0v) is 8.22. The molecule has 0 rings (SSSR count). The van der Waals surface area contributed by atoms with E-state index < -0.39 is 0 Å². The summed E-state index contributed by atoms with van der Waals surface area (Å²) in [7, 11) is 0. The van der Waals surface area contributed by atoms with Gasteiger partial charge in [-0.3, -0.25) is 4.79 Å². The van der Waals surface area contributed by atoms with Crippen LogP contribution in [0.2, 0.25) is 0 Å². The van der Waals surface area contributed by atoms with E-state index in [1.54, 1.807) is 0 Å². The highest BCUT2D eigenvalue weighted by atomic mass is 16.5. The van der Waals surface area contributed by atoms with Crippen LogP contribution in [0.1, 0.15) is 22.2 Å². The van der Waals surface area contributed by atoms with Crippen molar-refractivity contribution in [1.82, 2.24) is 5.32 Å². The largest absolute Gasteiger partial charge is 0.372 e. The summed E-state index contributed by atoms with van der Waals surface area (Å²) in [6.45, 7) is 8.45. The van der Waals surface area contributed by atoms with Crippen LogP contribution in [0.3, 0.4) is 0 Å². The number of Topliss-reactive ketones (excluding diaryl/α,β-unsaturated/α-hetero) is 1. The lowest BCUT2D eigenvalue weighted by Crippen LogP contribution is -2.22. The normalized spacial score (nSPS) is 10.7. The summed E-state index contributed by atoms with van der Waals surface area (Å²) in [5, 5.41) is 3.11. The van der Waals surface area contributed by atoms with Crippen molar-refractivity contribution < 1.29 is 11.0 Å². The minimum atomic E-state index is 0. The highest BCUT2D eigenvalue weighted by Gasteiger charge is 2.05. The summed E-state index contributed by atoms with van der Waals surface area (Å²) in [4.78, 5) is 11.0. The Morgan fingerprint density at radius 1 is 1.58 bits per heavy atom. The Kier molecular flexibility index (Phi) is 7.00. The summed E-state index contributed by atoms with van der Waals surface area (Å²) in [6.07, 6.45) is 0. The van der Waals surface area contributed by atoms with Gasteiger partial charge in [0.25, 0.3) is 0 Å². The molecule has 0 fully saturated rings. The van der Waals surface area contributed by atoms with Crippen molar-refractivity contribution in [2.75, 3.05) is 26.3 Å². The fourth-order valence-electron chi connectivity index (χ4n) is 0.661. The van der Waals surface area contributed by atoms with Gasteiger partial charge < -0.3 is 10.1 Å². The van der Waals surface area contributed by atoms with Gasteiger partial charge in [0.15, 0.2) is 5.78 Å².